The van der Waals surface area contributed by atoms with Crippen LogP contribution >= 0.6 is 0 Å². The normalized spacial score (nSPS) is 10.7. The van der Waals surface area contributed by atoms with E-state index in [1.54, 1.807) is 12.1 Å². The van der Waals surface area contributed by atoms with Crippen LogP contribution in [0.2, 0.25) is 0 Å². The number of pyridine rings is 1. The summed E-state index contributed by atoms with van der Waals surface area (Å²) in [6.45, 7) is -0.159. The molecule has 0 bridgehead atoms. The summed E-state index contributed by atoms with van der Waals surface area (Å²) in [6, 6.07) is 11.6. The lowest BCUT2D eigenvalue weighted by Crippen LogP contribution is -2.20. The molecule has 2 aromatic carbocycles. The average Bonchev–Trinajstić information content (AvgIpc) is 2.50. The molecule has 3 rings (SSSR count). The highest BCUT2D eigenvalue weighted by atomic mass is 19.1. The van der Waals surface area contributed by atoms with Crippen LogP contribution in [0.25, 0.3) is 10.9 Å². The number of aromatic nitrogens is 1. The zero-order chi connectivity index (χ0) is 16.4. The Balaban J connectivity index is 1.91. The molecule has 0 unspecified atom stereocenters. The van der Waals surface area contributed by atoms with Crippen LogP contribution in [0.15, 0.2) is 59.5 Å². The summed E-state index contributed by atoms with van der Waals surface area (Å²) in [4.78, 5) is 23.9. The summed E-state index contributed by atoms with van der Waals surface area (Å²) in [5.74, 6) is -0.934. The number of anilines is 1. The third-order valence-corrected chi connectivity index (χ3v) is 3.39. The van der Waals surface area contributed by atoms with E-state index in [1.165, 1.54) is 47.2 Å². The predicted octanol–water partition coefficient (Wildman–Crippen LogP) is 2.48. The molecule has 116 valence electrons. The number of nitrogens with one attached hydrogen (secondary N) is 1. The van der Waals surface area contributed by atoms with Crippen LogP contribution < -0.4 is 10.7 Å². The van der Waals surface area contributed by atoms with E-state index in [4.69, 9.17) is 0 Å². The van der Waals surface area contributed by atoms with Gasteiger partial charge in [-0.1, -0.05) is 12.1 Å². The maximum atomic E-state index is 14.0. The smallest absolute Gasteiger partial charge is 0.244 e. The number of benzene rings is 2. The molecule has 23 heavy (non-hydrogen) atoms. The van der Waals surface area contributed by atoms with Gasteiger partial charge in [0.15, 0.2) is 5.43 Å². The molecule has 0 aliphatic rings. The molecular weight excluding hydrogens is 299 g/mol. The maximum absolute atomic E-state index is 14.0. The van der Waals surface area contributed by atoms with Crippen molar-refractivity contribution in [1.82, 2.24) is 4.57 Å². The number of amides is 1. The van der Waals surface area contributed by atoms with Crippen LogP contribution in [0, 0.1) is 5.82 Å². The van der Waals surface area contributed by atoms with Gasteiger partial charge in [0.25, 0.3) is 0 Å². The van der Waals surface area contributed by atoms with E-state index in [0.29, 0.717) is 5.69 Å². The molecule has 0 aliphatic carbocycles. The summed E-state index contributed by atoms with van der Waals surface area (Å²) >= 11 is 0. The Morgan fingerprint density at radius 3 is 2.74 bits per heavy atom. The van der Waals surface area contributed by atoms with E-state index in [9.17, 15) is 19.1 Å². The zero-order valence-electron chi connectivity index (χ0n) is 12.0. The fourth-order valence-electron chi connectivity index (χ4n) is 2.40. The molecule has 0 atom stereocenters. The SMILES string of the molecule is O=C(Cn1ccc(=O)c2cccc(F)c21)Nc1cccc(O)c1. The van der Waals surface area contributed by atoms with E-state index in [2.05, 4.69) is 5.32 Å². The van der Waals surface area contributed by atoms with Gasteiger partial charge in [0.1, 0.15) is 18.1 Å². The topological polar surface area (TPSA) is 71.3 Å². The summed E-state index contributed by atoms with van der Waals surface area (Å²) < 4.78 is 15.4. The van der Waals surface area contributed by atoms with E-state index in [1.807, 2.05) is 0 Å². The van der Waals surface area contributed by atoms with E-state index in [0.717, 1.165) is 0 Å². The second-order valence-corrected chi connectivity index (χ2v) is 5.04. The Hall–Kier alpha value is -3.15. The highest BCUT2D eigenvalue weighted by Crippen LogP contribution is 2.17. The van der Waals surface area contributed by atoms with Crippen LogP contribution in [0.4, 0.5) is 10.1 Å². The number of phenolic OH excluding ortho intramolecular Hbond substituents is 1. The molecule has 0 radical (unpaired) electrons. The first-order valence-electron chi connectivity index (χ1n) is 6.91. The standard InChI is InChI=1S/C17H13FN2O3/c18-14-6-2-5-13-15(22)7-8-20(17(13)14)10-16(23)19-11-3-1-4-12(21)9-11/h1-9,21H,10H2,(H,19,23). The summed E-state index contributed by atoms with van der Waals surface area (Å²) in [7, 11) is 0. The van der Waals surface area contributed by atoms with Crippen molar-refractivity contribution in [2.45, 2.75) is 6.54 Å². The first-order chi connectivity index (χ1) is 11.0. The van der Waals surface area contributed by atoms with Gasteiger partial charge in [0, 0.05) is 29.4 Å². The Labute approximate surface area is 130 Å². The van der Waals surface area contributed by atoms with Crippen molar-refractivity contribution in [2.75, 3.05) is 5.32 Å². The monoisotopic (exact) mass is 312 g/mol. The average molecular weight is 312 g/mol. The van der Waals surface area contributed by atoms with Crippen molar-refractivity contribution in [3.8, 4) is 5.75 Å². The van der Waals surface area contributed by atoms with Crippen molar-refractivity contribution in [3.63, 3.8) is 0 Å². The van der Waals surface area contributed by atoms with Crippen LogP contribution in [-0.2, 0) is 11.3 Å². The predicted molar refractivity (Wildman–Crippen MR) is 84.9 cm³/mol. The lowest BCUT2D eigenvalue weighted by atomic mass is 10.2. The molecule has 6 heteroatoms. The molecule has 0 fully saturated rings. The Morgan fingerprint density at radius 1 is 1.17 bits per heavy atom. The van der Waals surface area contributed by atoms with Crippen molar-refractivity contribution in [1.29, 1.82) is 0 Å². The molecular formula is C17H13FN2O3. The van der Waals surface area contributed by atoms with Crippen molar-refractivity contribution >= 4 is 22.5 Å². The molecule has 0 aliphatic heterocycles. The van der Waals surface area contributed by atoms with Crippen LogP contribution in [0.3, 0.4) is 0 Å². The fraction of sp³-hybridized carbons (Fsp3) is 0.0588. The van der Waals surface area contributed by atoms with Crippen LogP contribution in [-0.4, -0.2) is 15.6 Å². The second-order valence-electron chi connectivity index (χ2n) is 5.04. The Morgan fingerprint density at radius 2 is 1.96 bits per heavy atom. The Bertz CT molecular complexity index is 950. The van der Waals surface area contributed by atoms with E-state index >= 15 is 0 Å². The quantitative estimate of drug-likeness (QED) is 0.780. The van der Waals surface area contributed by atoms with Gasteiger partial charge in [0.2, 0.25) is 5.91 Å². The number of phenols is 1. The first-order valence-corrected chi connectivity index (χ1v) is 6.91. The second kappa shape index (κ2) is 5.92. The maximum Gasteiger partial charge on any atom is 0.244 e. The number of aromatic hydroxyl groups is 1. The van der Waals surface area contributed by atoms with E-state index in [-0.39, 0.29) is 28.6 Å². The minimum Gasteiger partial charge on any atom is -0.508 e. The van der Waals surface area contributed by atoms with Gasteiger partial charge in [-0.2, -0.15) is 0 Å². The zero-order valence-corrected chi connectivity index (χ0v) is 12.0. The number of fused-ring (bicyclic) bond motifs is 1. The fourth-order valence-corrected chi connectivity index (χ4v) is 2.40. The highest BCUT2D eigenvalue weighted by Gasteiger charge is 2.11. The number of hydrogen-bond acceptors (Lipinski definition) is 3. The third-order valence-electron chi connectivity index (χ3n) is 3.39. The highest BCUT2D eigenvalue weighted by molar-refractivity contribution is 5.92. The summed E-state index contributed by atoms with van der Waals surface area (Å²) in [6.07, 6.45) is 1.38. The van der Waals surface area contributed by atoms with Crippen LogP contribution in [0.1, 0.15) is 0 Å². The molecule has 5 nitrogen and oxygen atoms in total. The van der Waals surface area contributed by atoms with Gasteiger partial charge in [-0.05, 0) is 24.3 Å². The molecule has 1 amide bonds. The third kappa shape index (κ3) is 3.06. The lowest BCUT2D eigenvalue weighted by Gasteiger charge is -2.11. The van der Waals surface area contributed by atoms with Crippen molar-refractivity contribution in [3.05, 3.63) is 70.8 Å². The van der Waals surface area contributed by atoms with Crippen LogP contribution in [0.5, 0.6) is 5.75 Å². The number of para-hydroxylation sites is 1. The summed E-state index contributed by atoms with van der Waals surface area (Å²) in [5, 5.41) is 12.2. The minimum atomic E-state index is -0.564. The van der Waals surface area contributed by atoms with Gasteiger partial charge in [-0.15, -0.1) is 0 Å². The minimum absolute atomic E-state index is 0.0302. The molecule has 0 spiro atoms. The number of carbonyl (C=O) groups is 1. The van der Waals surface area contributed by atoms with E-state index < -0.39 is 11.7 Å². The lowest BCUT2D eigenvalue weighted by molar-refractivity contribution is -0.116. The number of halogens is 1. The molecule has 1 heterocycles. The van der Waals surface area contributed by atoms with Gasteiger partial charge in [-0.3, -0.25) is 9.59 Å². The largest absolute Gasteiger partial charge is 0.508 e. The number of carbonyl (C=O) groups excluding carboxylic acids is 1. The molecule has 3 aromatic rings. The van der Waals surface area contributed by atoms with Gasteiger partial charge in [-0.25, -0.2) is 4.39 Å². The molecule has 1 aromatic heterocycles. The van der Waals surface area contributed by atoms with Gasteiger partial charge < -0.3 is 15.0 Å². The molecule has 0 saturated heterocycles. The van der Waals surface area contributed by atoms with Gasteiger partial charge in [0.05, 0.1) is 5.52 Å². The molecule has 2 N–H and O–H groups in total. The number of hydrogen-bond donors (Lipinski definition) is 2. The Kier molecular flexibility index (Phi) is 3.80. The first kappa shape index (κ1) is 14.8. The molecule has 0 saturated carbocycles. The number of rotatable bonds is 3. The van der Waals surface area contributed by atoms with Gasteiger partial charge >= 0.3 is 0 Å². The number of nitrogens with zero attached hydrogens (tertiary/aromatic N) is 1. The van der Waals surface area contributed by atoms with Crippen molar-refractivity contribution < 1.29 is 14.3 Å². The van der Waals surface area contributed by atoms with Crippen molar-refractivity contribution in [2.24, 2.45) is 0 Å². The summed E-state index contributed by atoms with van der Waals surface area (Å²) in [5.41, 5.74) is 0.219.